The van der Waals surface area contributed by atoms with Gasteiger partial charge in [-0.1, -0.05) is 0 Å². The van der Waals surface area contributed by atoms with Crippen molar-refractivity contribution in [2.24, 2.45) is 0 Å². The Labute approximate surface area is 164 Å². The van der Waals surface area contributed by atoms with Gasteiger partial charge >= 0.3 is 6.29 Å². The molecule has 0 saturated carbocycles. The smallest absolute Gasteiger partial charge is 0.172 e. The summed E-state index contributed by atoms with van der Waals surface area (Å²) < 4.78 is 20.0. The lowest BCUT2D eigenvalue weighted by Gasteiger charge is -2.01. The minimum absolute atomic E-state index is 0.868. The lowest BCUT2D eigenvalue weighted by molar-refractivity contribution is 1.61. The summed E-state index contributed by atoms with van der Waals surface area (Å²) in [6.07, 6.45) is -0.868. The maximum absolute atomic E-state index is 4.56. The Morgan fingerprint density at radius 1 is 0.773 bits per heavy atom. The molecule has 2 aromatic heterocycles. The number of nitrogens with zero attached hydrogens (tertiary/aromatic N) is 4. The van der Waals surface area contributed by atoms with Crippen LogP contribution in [0.5, 0.6) is 0 Å². The number of halogens is 3. The van der Waals surface area contributed by atoms with Gasteiger partial charge in [-0.15, -0.1) is 0 Å². The first-order valence-corrected chi connectivity index (χ1v) is 13.8. The zero-order valence-electron chi connectivity index (χ0n) is 10.4. The van der Waals surface area contributed by atoms with Gasteiger partial charge < -0.3 is 0 Å². The van der Waals surface area contributed by atoms with Crippen molar-refractivity contribution >= 4 is 116 Å². The van der Waals surface area contributed by atoms with Gasteiger partial charge in [0.1, 0.15) is 54.2 Å². The van der Waals surface area contributed by atoms with Crippen molar-refractivity contribution in [3.05, 3.63) is 21.1 Å². The molecule has 106 valence electrons. The van der Waals surface area contributed by atoms with Gasteiger partial charge in [-0.3, -0.25) is 0 Å². The molecule has 0 unspecified atom stereocenters. The van der Waals surface area contributed by atoms with Crippen LogP contribution in [0.4, 0.5) is 0 Å². The fourth-order valence-corrected chi connectivity index (χ4v) is 9.92. The highest BCUT2D eigenvalue weighted by molar-refractivity contribution is 14.1. The van der Waals surface area contributed by atoms with Crippen molar-refractivity contribution < 1.29 is 0 Å². The van der Waals surface area contributed by atoms with Crippen LogP contribution in [0, 0.1) is 0 Å². The standard InChI is InChI=1S/C12H2Br2IN4S2Si/c13-3-1-5-7(11-9(3)16-20-18-11)8-6(22(5)15)2-4(14)10-12(8)19-21-17-10/h1-2H/q+1. The minimum atomic E-state index is -0.868. The molecule has 4 nitrogen and oxygen atoms in total. The third-order valence-corrected chi connectivity index (χ3v) is 11.2. The van der Waals surface area contributed by atoms with Gasteiger partial charge in [-0.05, 0) is 44.0 Å². The van der Waals surface area contributed by atoms with Crippen LogP contribution < -0.4 is 10.4 Å². The molecular weight excluding hydrogens is 579 g/mol. The minimum Gasteiger partial charge on any atom is -0.172 e. The molecule has 2 aromatic carbocycles. The molecule has 0 bridgehead atoms. The van der Waals surface area contributed by atoms with Crippen LogP contribution >= 0.6 is 77.1 Å². The van der Waals surface area contributed by atoms with Crippen LogP contribution in [0.2, 0.25) is 0 Å². The van der Waals surface area contributed by atoms with Gasteiger partial charge in [0.05, 0.1) is 34.6 Å². The summed E-state index contributed by atoms with van der Waals surface area (Å²) in [6.45, 7) is 0. The van der Waals surface area contributed by atoms with Crippen molar-refractivity contribution in [3.63, 3.8) is 0 Å². The van der Waals surface area contributed by atoms with E-state index in [1.807, 2.05) is 0 Å². The predicted molar refractivity (Wildman–Crippen MR) is 108 cm³/mol. The first kappa shape index (κ1) is 14.3. The molecule has 0 saturated heterocycles. The van der Waals surface area contributed by atoms with E-state index < -0.39 is 6.29 Å². The fraction of sp³-hybridized carbons (Fsp3) is 0. The van der Waals surface area contributed by atoms with Crippen LogP contribution in [0.3, 0.4) is 0 Å². The van der Waals surface area contributed by atoms with E-state index in [9.17, 15) is 0 Å². The van der Waals surface area contributed by atoms with Gasteiger partial charge in [-0.25, -0.2) is 0 Å². The van der Waals surface area contributed by atoms with Gasteiger partial charge in [0.25, 0.3) is 0 Å². The zero-order chi connectivity index (χ0) is 15.0. The average Bonchev–Trinajstić information content (AvgIpc) is 3.19. The number of hydrogen-bond acceptors (Lipinski definition) is 6. The molecule has 22 heavy (non-hydrogen) atoms. The second-order valence-electron chi connectivity index (χ2n) is 4.80. The lowest BCUT2D eigenvalue weighted by atomic mass is 10.0. The van der Waals surface area contributed by atoms with Crippen LogP contribution in [-0.2, 0) is 0 Å². The molecule has 5 rings (SSSR count). The lowest BCUT2D eigenvalue weighted by Crippen LogP contribution is -2.31. The van der Waals surface area contributed by atoms with E-state index in [-0.39, 0.29) is 0 Å². The third-order valence-electron chi connectivity index (χ3n) is 3.71. The number of hydrogen-bond donors (Lipinski definition) is 0. The number of fused-ring (bicyclic) bond motifs is 7. The van der Waals surface area contributed by atoms with E-state index in [0.29, 0.717) is 0 Å². The first-order chi connectivity index (χ1) is 10.7. The van der Waals surface area contributed by atoms with Gasteiger partial charge in [0.2, 0.25) is 0 Å². The molecule has 0 radical (unpaired) electrons. The Bertz CT molecular complexity index is 1010. The molecule has 1 aliphatic heterocycles. The summed E-state index contributed by atoms with van der Waals surface area (Å²) in [5.74, 6) is 0. The van der Waals surface area contributed by atoms with E-state index in [4.69, 9.17) is 0 Å². The first-order valence-electron chi connectivity index (χ1n) is 6.10. The van der Waals surface area contributed by atoms with Crippen molar-refractivity contribution in [2.45, 2.75) is 0 Å². The van der Waals surface area contributed by atoms with E-state index >= 15 is 0 Å². The monoisotopic (exact) mass is 579 g/mol. The summed E-state index contributed by atoms with van der Waals surface area (Å²) in [6, 6.07) is 4.42. The molecule has 1 aliphatic rings. The molecule has 3 heterocycles. The zero-order valence-corrected chi connectivity index (χ0v) is 18.4. The summed E-state index contributed by atoms with van der Waals surface area (Å²) in [5, 5.41) is 2.72. The Hall–Kier alpha value is -0.0131. The molecule has 0 atom stereocenters. The number of aromatic nitrogens is 4. The highest BCUT2D eigenvalue weighted by Crippen LogP contribution is 2.39. The number of rotatable bonds is 0. The molecule has 0 aliphatic carbocycles. The Kier molecular flexibility index (Phi) is 3.25. The number of benzene rings is 2. The van der Waals surface area contributed by atoms with Crippen molar-refractivity contribution in [2.75, 3.05) is 0 Å². The molecule has 10 heteroatoms. The maximum Gasteiger partial charge on any atom is 0.463 e. The fourth-order valence-electron chi connectivity index (χ4n) is 2.81. The van der Waals surface area contributed by atoms with Crippen molar-refractivity contribution in [1.29, 1.82) is 0 Å². The highest BCUT2D eigenvalue weighted by atomic mass is 127. The van der Waals surface area contributed by atoms with E-state index in [2.05, 4.69) is 83.3 Å². The van der Waals surface area contributed by atoms with Gasteiger partial charge in [0.15, 0.2) is 0 Å². The second-order valence-corrected chi connectivity index (χ2v) is 12.5. The highest BCUT2D eigenvalue weighted by Gasteiger charge is 2.47. The molecule has 0 amide bonds. The SMILES string of the molecule is Brc1cc2c(c3nsnc13)-c1c(cc(Br)c3nsnc13)[Si+]2I. The Balaban J connectivity index is 2.04. The largest absolute Gasteiger partial charge is 0.463 e. The van der Waals surface area contributed by atoms with E-state index in [1.165, 1.54) is 45.0 Å². The Morgan fingerprint density at radius 3 is 1.64 bits per heavy atom. The van der Waals surface area contributed by atoms with E-state index in [0.717, 1.165) is 31.0 Å². The van der Waals surface area contributed by atoms with Gasteiger partial charge in [-0.2, -0.15) is 17.5 Å². The van der Waals surface area contributed by atoms with Crippen LogP contribution in [0.25, 0.3) is 33.2 Å². The average molecular weight is 581 g/mol. The van der Waals surface area contributed by atoms with Crippen LogP contribution in [0.15, 0.2) is 21.1 Å². The summed E-state index contributed by atoms with van der Waals surface area (Å²) in [7, 11) is 0. The topological polar surface area (TPSA) is 51.6 Å². The van der Waals surface area contributed by atoms with Crippen LogP contribution in [-0.4, -0.2) is 23.8 Å². The Morgan fingerprint density at radius 2 is 1.18 bits per heavy atom. The quantitative estimate of drug-likeness (QED) is 0.181. The molecular formula is C12H2Br2IN4S2Si+. The maximum atomic E-state index is 4.56. The molecule has 0 fully saturated rings. The van der Waals surface area contributed by atoms with Crippen molar-refractivity contribution in [3.8, 4) is 11.1 Å². The second kappa shape index (κ2) is 4.99. The molecule has 4 aromatic rings. The predicted octanol–water partition coefficient (Wildman–Crippen LogP) is 3.74. The summed E-state index contributed by atoms with van der Waals surface area (Å²) in [4.78, 5) is 0. The summed E-state index contributed by atoms with van der Waals surface area (Å²) in [5.41, 5.74) is 6.22. The normalized spacial score (nSPS) is 13.1. The van der Waals surface area contributed by atoms with Gasteiger partial charge in [0, 0.05) is 8.95 Å². The van der Waals surface area contributed by atoms with Crippen molar-refractivity contribution in [1.82, 2.24) is 17.5 Å². The van der Waals surface area contributed by atoms with E-state index in [1.54, 1.807) is 0 Å². The third kappa shape index (κ3) is 1.76. The summed E-state index contributed by atoms with van der Waals surface area (Å²) >= 11 is 12.4. The molecule has 0 N–H and O–H groups in total. The van der Waals surface area contributed by atoms with Crippen LogP contribution in [0.1, 0.15) is 0 Å². The molecule has 0 spiro atoms.